The van der Waals surface area contributed by atoms with E-state index in [4.69, 9.17) is 0 Å². The van der Waals surface area contributed by atoms with Crippen molar-refractivity contribution in [1.82, 2.24) is 10.3 Å². The Bertz CT molecular complexity index is 523. The van der Waals surface area contributed by atoms with E-state index in [-0.39, 0.29) is 5.82 Å². The van der Waals surface area contributed by atoms with E-state index in [9.17, 15) is 4.39 Å². The predicted molar refractivity (Wildman–Crippen MR) is 67.1 cm³/mol. The summed E-state index contributed by atoms with van der Waals surface area (Å²) in [6, 6.07) is 7.69. The van der Waals surface area contributed by atoms with Crippen LogP contribution in [0.1, 0.15) is 11.1 Å². The van der Waals surface area contributed by atoms with Crippen LogP contribution in [0.2, 0.25) is 0 Å². The summed E-state index contributed by atoms with van der Waals surface area (Å²) in [7, 11) is 1.90. The van der Waals surface area contributed by atoms with Gasteiger partial charge in [0.1, 0.15) is 5.82 Å². The molecule has 0 aliphatic carbocycles. The van der Waals surface area contributed by atoms with Gasteiger partial charge in [0, 0.05) is 18.3 Å². The van der Waals surface area contributed by atoms with Gasteiger partial charge in [-0.05, 0) is 31.2 Å². The first-order valence-corrected chi connectivity index (χ1v) is 5.56. The van der Waals surface area contributed by atoms with Crippen molar-refractivity contribution in [2.75, 3.05) is 7.05 Å². The van der Waals surface area contributed by atoms with Crippen molar-refractivity contribution in [2.45, 2.75) is 13.5 Å². The Morgan fingerprint density at radius 2 is 2.06 bits per heavy atom. The number of hydrogen-bond acceptors (Lipinski definition) is 2. The van der Waals surface area contributed by atoms with E-state index in [1.807, 2.05) is 14.0 Å². The van der Waals surface area contributed by atoms with E-state index in [2.05, 4.69) is 28.5 Å². The fraction of sp³-hybridized carbons (Fsp3) is 0.214. The number of rotatable bonds is 3. The highest BCUT2D eigenvalue weighted by molar-refractivity contribution is 5.67. The quantitative estimate of drug-likeness (QED) is 0.877. The number of nitrogens with zero attached hydrogens (tertiary/aromatic N) is 1. The SMILES string of the molecule is CNCc1ccc(C)cc1-c1cncc(F)c1. The molecule has 0 bridgehead atoms. The monoisotopic (exact) mass is 230 g/mol. The summed E-state index contributed by atoms with van der Waals surface area (Å²) in [5.74, 6) is -0.306. The van der Waals surface area contributed by atoms with Crippen LogP contribution in [-0.4, -0.2) is 12.0 Å². The number of hydrogen-bond donors (Lipinski definition) is 1. The van der Waals surface area contributed by atoms with E-state index in [1.54, 1.807) is 6.20 Å². The number of nitrogens with one attached hydrogen (secondary N) is 1. The van der Waals surface area contributed by atoms with E-state index in [0.29, 0.717) is 0 Å². The molecule has 0 amide bonds. The lowest BCUT2D eigenvalue weighted by Gasteiger charge is -2.10. The molecule has 0 aliphatic rings. The van der Waals surface area contributed by atoms with Crippen molar-refractivity contribution in [3.8, 4) is 11.1 Å². The zero-order chi connectivity index (χ0) is 12.3. The van der Waals surface area contributed by atoms with Crippen molar-refractivity contribution >= 4 is 0 Å². The number of pyridine rings is 1. The first-order chi connectivity index (χ1) is 8.20. The van der Waals surface area contributed by atoms with Crippen LogP contribution in [-0.2, 0) is 6.54 Å². The van der Waals surface area contributed by atoms with E-state index < -0.39 is 0 Å². The summed E-state index contributed by atoms with van der Waals surface area (Å²) in [6.07, 6.45) is 2.91. The minimum atomic E-state index is -0.306. The second-order valence-corrected chi connectivity index (χ2v) is 4.08. The zero-order valence-electron chi connectivity index (χ0n) is 10.00. The van der Waals surface area contributed by atoms with E-state index >= 15 is 0 Å². The molecule has 0 radical (unpaired) electrons. The standard InChI is InChI=1S/C14H15FN2/c1-10-3-4-11(7-16-2)14(5-10)12-6-13(15)9-17-8-12/h3-6,8-9,16H,7H2,1-2H3. The first-order valence-electron chi connectivity index (χ1n) is 5.56. The molecule has 1 N–H and O–H groups in total. The summed E-state index contributed by atoms with van der Waals surface area (Å²) < 4.78 is 13.2. The smallest absolute Gasteiger partial charge is 0.142 e. The van der Waals surface area contributed by atoms with Crippen LogP contribution in [0.15, 0.2) is 36.7 Å². The second kappa shape index (κ2) is 5.06. The second-order valence-electron chi connectivity index (χ2n) is 4.08. The normalized spacial score (nSPS) is 10.5. The van der Waals surface area contributed by atoms with Crippen LogP contribution in [0.4, 0.5) is 4.39 Å². The lowest BCUT2D eigenvalue weighted by atomic mass is 9.99. The molecular formula is C14H15FN2. The summed E-state index contributed by atoms with van der Waals surface area (Å²) in [4.78, 5) is 3.90. The predicted octanol–water partition coefficient (Wildman–Crippen LogP) is 2.92. The van der Waals surface area contributed by atoms with Crippen LogP contribution < -0.4 is 5.32 Å². The third-order valence-corrected chi connectivity index (χ3v) is 2.65. The third-order valence-electron chi connectivity index (χ3n) is 2.65. The van der Waals surface area contributed by atoms with Crippen molar-refractivity contribution in [1.29, 1.82) is 0 Å². The molecule has 1 heterocycles. The van der Waals surface area contributed by atoms with Gasteiger partial charge in [0.05, 0.1) is 6.20 Å². The Morgan fingerprint density at radius 1 is 1.24 bits per heavy atom. The average molecular weight is 230 g/mol. The summed E-state index contributed by atoms with van der Waals surface area (Å²) in [5, 5.41) is 3.11. The molecule has 0 spiro atoms. The number of aryl methyl sites for hydroxylation is 1. The van der Waals surface area contributed by atoms with Gasteiger partial charge >= 0.3 is 0 Å². The molecule has 0 atom stereocenters. The Labute approximate surface area is 101 Å². The lowest BCUT2D eigenvalue weighted by Crippen LogP contribution is -2.06. The van der Waals surface area contributed by atoms with Crippen molar-refractivity contribution in [3.63, 3.8) is 0 Å². The molecule has 2 nitrogen and oxygen atoms in total. The molecule has 17 heavy (non-hydrogen) atoms. The van der Waals surface area contributed by atoms with Crippen LogP contribution in [0.3, 0.4) is 0 Å². The van der Waals surface area contributed by atoms with Gasteiger partial charge in [-0.1, -0.05) is 23.8 Å². The molecule has 0 aliphatic heterocycles. The van der Waals surface area contributed by atoms with Gasteiger partial charge in [0.15, 0.2) is 0 Å². The molecule has 3 heteroatoms. The van der Waals surface area contributed by atoms with E-state index in [1.165, 1.54) is 12.3 Å². The lowest BCUT2D eigenvalue weighted by molar-refractivity contribution is 0.622. The van der Waals surface area contributed by atoms with Gasteiger partial charge in [0.25, 0.3) is 0 Å². The van der Waals surface area contributed by atoms with Crippen LogP contribution in [0.25, 0.3) is 11.1 Å². The highest BCUT2D eigenvalue weighted by atomic mass is 19.1. The molecule has 0 saturated carbocycles. The molecule has 0 fully saturated rings. The molecule has 0 saturated heterocycles. The minimum Gasteiger partial charge on any atom is -0.316 e. The number of halogens is 1. The van der Waals surface area contributed by atoms with Crippen LogP contribution in [0.5, 0.6) is 0 Å². The van der Waals surface area contributed by atoms with E-state index in [0.717, 1.165) is 28.8 Å². The maximum atomic E-state index is 13.2. The van der Waals surface area contributed by atoms with Crippen LogP contribution in [0, 0.1) is 12.7 Å². The summed E-state index contributed by atoms with van der Waals surface area (Å²) in [6.45, 7) is 2.78. The number of benzene rings is 1. The average Bonchev–Trinajstić information content (AvgIpc) is 2.32. The highest BCUT2D eigenvalue weighted by Gasteiger charge is 2.06. The topological polar surface area (TPSA) is 24.9 Å². The highest BCUT2D eigenvalue weighted by Crippen LogP contribution is 2.24. The molecule has 1 aromatic carbocycles. The van der Waals surface area contributed by atoms with Gasteiger partial charge in [-0.3, -0.25) is 4.98 Å². The van der Waals surface area contributed by atoms with Gasteiger partial charge < -0.3 is 5.32 Å². The van der Waals surface area contributed by atoms with Gasteiger partial charge in [0.2, 0.25) is 0 Å². The summed E-state index contributed by atoms with van der Waals surface area (Å²) >= 11 is 0. The van der Waals surface area contributed by atoms with Crippen molar-refractivity contribution in [2.24, 2.45) is 0 Å². The summed E-state index contributed by atoms with van der Waals surface area (Å²) in [5.41, 5.74) is 4.15. The van der Waals surface area contributed by atoms with Crippen LogP contribution >= 0.6 is 0 Å². The van der Waals surface area contributed by atoms with Crippen molar-refractivity contribution < 1.29 is 4.39 Å². The molecule has 2 rings (SSSR count). The minimum absolute atomic E-state index is 0.306. The maximum absolute atomic E-state index is 13.2. The Kier molecular flexibility index (Phi) is 3.49. The maximum Gasteiger partial charge on any atom is 0.142 e. The zero-order valence-corrected chi connectivity index (χ0v) is 10.00. The Hall–Kier alpha value is -1.74. The van der Waals surface area contributed by atoms with Gasteiger partial charge in [-0.2, -0.15) is 0 Å². The van der Waals surface area contributed by atoms with Gasteiger partial charge in [-0.15, -0.1) is 0 Å². The Morgan fingerprint density at radius 3 is 2.76 bits per heavy atom. The fourth-order valence-corrected chi connectivity index (χ4v) is 1.86. The molecule has 2 aromatic rings. The molecule has 1 aromatic heterocycles. The third kappa shape index (κ3) is 2.68. The number of aromatic nitrogens is 1. The molecule has 88 valence electrons. The Balaban J connectivity index is 2.52. The fourth-order valence-electron chi connectivity index (χ4n) is 1.86. The van der Waals surface area contributed by atoms with Crippen molar-refractivity contribution in [3.05, 3.63) is 53.6 Å². The molecule has 0 unspecified atom stereocenters. The largest absolute Gasteiger partial charge is 0.316 e. The molecular weight excluding hydrogens is 215 g/mol. The first kappa shape index (κ1) is 11.7. The van der Waals surface area contributed by atoms with Gasteiger partial charge in [-0.25, -0.2) is 4.39 Å².